The standard InChI is InChI=1S/C14H18FN3/c1-17(2)13-5-6-18(10-13)9-12-4-3-11(8-16)7-14(12)15/h3-4,7,13H,5-6,9-10H2,1-2H3. The van der Waals surface area contributed by atoms with E-state index in [0.717, 1.165) is 19.5 Å². The molecule has 0 aromatic heterocycles. The van der Waals surface area contributed by atoms with Gasteiger partial charge < -0.3 is 4.90 Å². The van der Waals surface area contributed by atoms with Gasteiger partial charge in [0.2, 0.25) is 0 Å². The summed E-state index contributed by atoms with van der Waals surface area (Å²) in [5.74, 6) is -0.276. The van der Waals surface area contributed by atoms with E-state index in [1.54, 1.807) is 12.1 Å². The summed E-state index contributed by atoms with van der Waals surface area (Å²) in [4.78, 5) is 4.48. The molecule has 0 radical (unpaired) electrons. The highest BCUT2D eigenvalue weighted by molar-refractivity contribution is 5.32. The third-order valence-electron chi connectivity index (χ3n) is 3.55. The van der Waals surface area contributed by atoms with Gasteiger partial charge in [-0.3, -0.25) is 4.90 Å². The van der Waals surface area contributed by atoms with E-state index in [4.69, 9.17) is 5.26 Å². The Morgan fingerprint density at radius 3 is 2.83 bits per heavy atom. The van der Waals surface area contributed by atoms with E-state index in [9.17, 15) is 4.39 Å². The molecule has 0 spiro atoms. The topological polar surface area (TPSA) is 30.3 Å². The summed E-state index contributed by atoms with van der Waals surface area (Å²) >= 11 is 0. The second kappa shape index (κ2) is 5.47. The molecule has 1 atom stereocenters. The van der Waals surface area contributed by atoms with Gasteiger partial charge in [-0.05, 0) is 32.6 Å². The lowest BCUT2D eigenvalue weighted by Crippen LogP contribution is -2.31. The summed E-state index contributed by atoms with van der Waals surface area (Å²) in [7, 11) is 4.16. The highest BCUT2D eigenvalue weighted by Gasteiger charge is 2.24. The molecule has 4 heteroatoms. The van der Waals surface area contributed by atoms with Crippen LogP contribution in [0.4, 0.5) is 4.39 Å². The number of nitriles is 1. The minimum absolute atomic E-state index is 0.276. The number of benzene rings is 1. The summed E-state index contributed by atoms with van der Waals surface area (Å²) in [6, 6.07) is 7.22. The zero-order chi connectivity index (χ0) is 13.1. The van der Waals surface area contributed by atoms with Crippen molar-refractivity contribution >= 4 is 0 Å². The van der Waals surface area contributed by atoms with E-state index in [1.807, 2.05) is 6.07 Å². The molecule has 96 valence electrons. The Labute approximate surface area is 107 Å². The fourth-order valence-electron chi connectivity index (χ4n) is 2.36. The Hall–Kier alpha value is -1.44. The maximum Gasteiger partial charge on any atom is 0.129 e. The van der Waals surface area contributed by atoms with Crippen molar-refractivity contribution in [3.8, 4) is 6.07 Å². The zero-order valence-corrected chi connectivity index (χ0v) is 10.9. The van der Waals surface area contributed by atoms with Gasteiger partial charge >= 0.3 is 0 Å². The van der Waals surface area contributed by atoms with E-state index in [-0.39, 0.29) is 5.82 Å². The number of hydrogen-bond acceptors (Lipinski definition) is 3. The van der Waals surface area contributed by atoms with Gasteiger partial charge in [0.15, 0.2) is 0 Å². The lowest BCUT2D eigenvalue weighted by Gasteiger charge is -2.20. The third kappa shape index (κ3) is 2.87. The molecule has 0 amide bonds. The molecule has 1 aliphatic heterocycles. The molecular formula is C14H18FN3. The van der Waals surface area contributed by atoms with Crippen LogP contribution in [-0.4, -0.2) is 43.0 Å². The first kappa shape index (κ1) is 13.0. The monoisotopic (exact) mass is 247 g/mol. The van der Waals surface area contributed by atoms with Crippen LogP contribution in [0.3, 0.4) is 0 Å². The Bertz CT molecular complexity index is 465. The van der Waals surface area contributed by atoms with Crippen molar-refractivity contribution in [1.82, 2.24) is 9.80 Å². The van der Waals surface area contributed by atoms with E-state index in [0.29, 0.717) is 23.7 Å². The summed E-state index contributed by atoms with van der Waals surface area (Å²) in [6.45, 7) is 2.61. The molecule has 1 aliphatic rings. The van der Waals surface area contributed by atoms with Crippen molar-refractivity contribution < 1.29 is 4.39 Å². The van der Waals surface area contributed by atoms with Crippen LogP contribution in [0.1, 0.15) is 17.5 Å². The van der Waals surface area contributed by atoms with Gasteiger partial charge in [0.25, 0.3) is 0 Å². The van der Waals surface area contributed by atoms with E-state index >= 15 is 0 Å². The molecule has 1 saturated heterocycles. The Balaban J connectivity index is 2.01. The number of likely N-dealkylation sites (N-methyl/N-ethyl adjacent to an activating group) is 1. The molecular weight excluding hydrogens is 229 g/mol. The smallest absolute Gasteiger partial charge is 0.129 e. The van der Waals surface area contributed by atoms with Gasteiger partial charge in [0.1, 0.15) is 5.82 Å². The number of halogens is 1. The summed E-state index contributed by atoms with van der Waals surface area (Å²) in [6.07, 6.45) is 1.13. The van der Waals surface area contributed by atoms with E-state index in [1.165, 1.54) is 6.07 Å². The van der Waals surface area contributed by atoms with Crippen LogP contribution in [0.5, 0.6) is 0 Å². The van der Waals surface area contributed by atoms with Gasteiger partial charge in [0.05, 0.1) is 11.6 Å². The average molecular weight is 247 g/mol. The minimum atomic E-state index is -0.276. The molecule has 0 saturated carbocycles. The van der Waals surface area contributed by atoms with Crippen molar-refractivity contribution in [2.75, 3.05) is 27.2 Å². The second-order valence-corrected chi connectivity index (χ2v) is 5.06. The first-order chi connectivity index (χ1) is 8.60. The van der Waals surface area contributed by atoms with Crippen LogP contribution in [0.25, 0.3) is 0 Å². The first-order valence-corrected chi connectivity index (χ1v) is 6.17. The maximum atomic E-state index is 13.8. The van der Waals surface area contributed by atoms with Gasteiger partial charge in [-0.15, -0.1) is 0 Å². The quantitative estimate of drug-likeness (QED) is 0.816. The van der Waals surface area contributed by atoms with Crippen LogP contribution >= 0.6 is 0 Å². The molecule has 1 aromatic carbocycles. The minimum Gasteiger partial charge on any atom is -0.305 e. The Morgan fingerprint density at radius 1 is 1.50 bits per heavy atom. The predicted molar refractivity (Wildman–Crippen MR) is 68.5 cm³/mol. The van der Waals surface area contributed by atoms with Gasteiger partial charge in [0, 0.05) is 31.2 Å². The van der Waals surface area contributed by atoms with Crippen LogP contribution < -0.4 is 0 Å². The number of likely N-dealkylation sites (tertiary alicyclic amines) is 1. The fourth-order valence-corrected chi connectivity index (χ4v) is 2.36. The van der Waals surface area contributed by atoms with Crippen LogP contribution in [0.15, 0.2) is 18.2 Å². The summed E-state index contributed by atoms with van der Waals surface area (Å²) in [5, 5.41) is 8.70. The molecule has 1 fully saturated rings. The van der Waals surface area contributed by atoms with Crippen molar-refractivity contribution in [1.29, 1.82) is 5.26 Å². The Morgan fingerprint density at radius 2 is 2.28 bits per heavy atom. The van der Waals surface area contributed by atoms with Crippen molar-refractivity contribution in [3.63, 3.8) is 0 Å². The number of hydrogen-bond donors (Lipinski definition) is 0. The van der Waals surface area contributed by atoms with E-state index in [2.05, 4.69) is 23.9 Å². The largest absolute Gasteiger partial charge is 0.305 e. The molecule has 2 rings (SSSR count). The number of nitrogens with zero attached hydrogens (tertiary/aromatic N) is 3. The van der Waals surface area contributed by atoms with Gasteiger partial charge in [-0.25, -0.2) is 4.39 Å². The molecule has 0 bridgehead atoms. The average Bonchev–Trinajstić information content (AvgIpc) is 2.80. The molecule has 0 aliphatic carbocycles. The van der Waals surface area contributed by atoms with E-state index < -0.39 is 0 Å². The SMILES string of the molecule is CN(C)C1CCN(Cc2ccc(C#N)cc2F)C1. The lowest BCUT2D eigenvalue weighted by atomic mass is 10.1. The lowest BCUT2D eigenvalue weighted by molar-refractivity contribution is 0.263. The van der Waals surface area contributed by atoms with Crippen LogP contribution in [-0.2, 0) is 6.54 Å². The molecule has 3 nitrogen and oxygen atoms in total. The van der Waals surface area contributed by atoms with Gasteiger partial charge in [-0.1, -0.05) is 6.07 Å². The maximum absolute atomic E-state index is 13.8. The summed E-state index contributed by atoms with van der Waals surface area (Å²) < 4.78 is 13.8. The Kier molecular flexibility index (Phi) is 3.95. The van der Waals surface area contributed by atoms with Crippen LogP contribution in [0.2, 0.25) is 0 Å². The van der Waals surface area contributed by atoms with Crippen LogP contribution in [0, 0.1) is 17.1 Å². The van der Waals surface area contributed by atoms with Crippen molar-refractivity contribution in [2.24, 2.45) is 0 Å². The molecule has 0 N–H and O–H groups in total. The predicted octanol–water partition coefficient (Wildman–Crippen LogP) is 1.83. The molecule has 1 unspecified atom stereocenters. The second-order valence-electron chi connectivity index (χ2n) is 5.06. The molecule has 18 heavy (non-hydrogen) atoms. The fraction of sp³-hybridized carbons (Fsp3) is 0.500. The molecule has 1 aromatic rings. The summed E-state index contributed by atoms with van der Waals surface area (Å²) in [5.41, 5.74) is 1.05. The normalized spacial score (nSPS) is 20.3. The highest BCUT2D eigenvalue weighted by Crippen LogP contribution is 2.18. The highest BCUT2D eigenvalue weighted by atomic mass is 19.1. The third-order valence-corrected chi connectivity index (χ3v) is 3.55. The zero-order valence-electron chi connectivity index (χ0n) is 10.9. The first-order valence-electron chi connectivity index (χ1n) is 6.17. The van der Waals surface area contributed by atoms with Crippen molar-refractivity contribution in [2.45, 2.75) is 19.0 Å². The molecule has 1 heterocycles. The number of rotatable bonds is 3. The van der Waals surface area contributed by atoms with Crippen molar-refractivity contribution in [3.05, 3.63) is 35.1 Å². The van der Waals surface area contributed by atoms with Gasteiger partial charge in [-0.2, -0.15) is 5.26 Å².